The smallest absolute Gasteiger partial charge is 0.308 e. The Labute approximate surface area is 125 Å². The Bertz CT molecular complexity index is 530. The lowest BCUT2D eigenvalue weighted by Crippen LogP contribution is -2.39. The number of hydrogen-bond acceptors (Lipinski definition) is 3. The number of aliphatic carboxylic acids is 1. The van der Waals surface area contributed by atoms with E-state index in [9.17, 15) is 14.7 Å². The van der Waals surface area contributed by atoms with Crippen molar-refractivity contribution in [1.29, 1.82) is 0 Å². The molecule has 21 heavy (non-hydrogen) atoms. The van der Waals surface area contributed by atoms with Crippen molar-refractivity contribution in [2.75, 3.05) is 6.54 Å². The van der Waals surface area contributed by atoms with Gasteiger partial charge in [0, 0.05) is 25.4 Å². The van der Waals surface area contributed by atoms with Crippen LogP contribution in [0.4, 0.5) is 0 Å². The van der Waals surface area contributed by atoms with Crippen LogP contribution in [-0.2, 0) is 9.59 Å². The van der Waals surface area contributed by atoms with Gasteiger partial charge in [0.2, 0.25) is 5.91 Å². The van der Waals surface area contributed by atoms with Crippen LogP contribution in [0.25, 0.3) is 0 Å². The Morgan fingerprint density at radius 3 is 2.90 bits per heavy atom. The van der Waals surface area contributed by atoms with Crippen molar-refractivity contribution in [3.63, 3.8) is 0 Å². The van der Waals surface area contributed by atoms with Gasteiger partial charge in [-0.1, -0.05) is 6.92 Å². The third-order valence-corrected chi connectivity index (χ3v) is 4.12. The second-order valence-electron chi connectivity index (χ2n) is 5.60. The van der Waals surface area contributed by atoms with Gasteiger partial charge < -0.3 is 10.0 Å². The SMILES string of the molecule is CCCN1C(=O)CCCC(C(=O)O)C1c1cnccc1C. The van der Waals surface area contributed by atoms with E-state index in [2.05, 4.69) is 4.98 Å². The molecule has 0 bridgehead atoms. The van der Waals surface area contributed by atoms with Crippen LogP contribution in [0.5, 0.6) is 0 Å². The van der Waals surface area contributed by atoms with E-state index < -0.39 is 17.9 Å². The van der Waals surface area contributed by atoms with E-state index in [4.69, 9.17) is 0 Å². The molecule has 1 N–H and O–H groups in total. The van der Waals surface area contributed by atoms with Crippen molar-refractivity contribution in [1.82, 2.24) is 9.88 Å². The molecule has 1 aromatic heterocycles. The number of carboxylic acids is 1. The number of carboxylic acid groups (broad SMARTS) is 1. The van der Waals surface area contributed by atoms with Gasteiger partial charge in [-0.2, -0.15) is 0 Å². The quantitative estimate of drug-likeness (QED) is 0.925. The topological polar surface area (TPSA) is 70.5 Å². The first-order chi connectivity index (χ1) is 10.1. The van der Waals surface area contributed by atoms with Gasteiger partial charge in [0.05, 0.1) is 12.0 Å². The van der Waals surface area contributed by atoms with E-state index in [1.165, 1.54) is 0 Å². The number of amides is 1. The predicted octanol–water partition coefficient (Wildman–Crippen LogP) is 2.55. The number of nitrogens with zero attached hydrogens (tertiary/aromatic N) is 2. The minimum Gasteiger partial charge on any atom is -0.481 e. The van der Waals surface area contributed by atoms with Crippen LogP contribution >= 0.6 is 0 Å². The molecule has 1 aliphatic heterocycles. The number of rotatable bonds is 4. The fourth-order valence-corrected chi connectivity index (χ4v) is 3.08. The van der Waals surface area contributed by atoms with Crippen molar-refractivity contribution < 1.29 is 14.7 Å². The zero-order valence-electron chi connectivity index (χ0n) is 12.6. The molecule has 114 valence electrons. The second kappa shape index (κ2) is 6.70. The molecule has 5 heteroatoms. The number of aryl methyl sites for hydroxylation is 1. The fraction of sp³-hybridized carbons (Fsp3) is 0.562. The summed E-state index contributed by atoms with van der Waals surface area (Å²) in [7, 11) is 0. The third kappa shape index (κ3) is 3.23. The summed E-state index contributed by atoms with van der Waals surface area (Å²) in [5, 5.41) is 9.60. The van der Waals surface area contributed by atoms with E-state index >= 15 is 0 Å². The lowest BCUT2D eigenvalue weighted by Gasteiger charge is -2.34. The highest BCUT2D eigenvalue weighted by Gasteiger charge is 2.38. The number of pyridine rings is 1. The predicted molar refractivity (Wildman–Crippen MR) is 78.7 cm³/mol. The molecule has 0 saturated carbocycles. The standard InChI is InChI=1S/C16H22N2O3/c1-3-9-18-14(19)6-4-5-12(16(20)21)15(18)13-10-17-8-7-11(13)2/h7-8,10,12,15H,3-6,9H2,1-2H3,(H,20,21). The van der Waals surface area contributed by atoms with Gasteiger partial charge in [-0.3, -0.25) is 14.6 Å². The van der Waals surface area contributed by atoms with E-state index in [1.807, 2.05) is 19.9 Å². The maximum atomic E-state index is 12.4. The summed E-state index contributed by atoms with van der Waals surface area (Å²) in [5.41, 5.74) is 1.84. The largest absolute Gasteiger partial charge is 0.481 e. The molecule has 0 aromatic carbocycles. The molecule has 5 nitrogen and oxygen atoms in total. The van der Waals surface area contributed by atoms with Crippen LogP contribution in [0.1, 0.15) is 49.8 Å². The average Bonchev–Trinajstić information content (AvgIpc) is 2.60. The van der Waals surface area contributed by atoms with Gasteiger partial charge >= 0.3 is 5.97 Å². The minimum atomic E-state index is -0.834. The normalized spacial score (nSPS) is 23.0. The molecule has 1 aliphatic rings. The lowest BCUT2D eigenvalue weighted by molar-refractivity contribution is -0.146. The Morgan fingerprint density at radius 2 is 2.29 bits per heavy atom. The Balaban J connectivity index is 2.50. The zero-order chi connectivity index (χ0) is 15.4. The first-order valence-electron chi connectivity index (χ1n) is 7.49. The molecule has 0 radical (unpaired) electrons. The first kappa shape index (κ1) is 15.5. The van der Waals surface area contributed by atoms with Crippen molar-refractivity contribution in [2.24, 2.45) is 5.92 Å². The highest BCUT2D eigenvalue weighted by atomic mass is 16.4. The van der Waals surface area contributed by atoms with E-state index in [-0.39, 0.29) is 5.91 Å². The van der Waals surface area contributed by atoms with Crippen LogP contribution in [0.15, 0.2) is 18.5 Å². The Hall–Kier alpha value is -1.91. The van der Waals surface area contributed by atoms with Gasteiger partial charge in [-0.05, 0) is 43.4 Å². The average molecular weight is 290 g/mol. The number of likely N-dealkylation sites (tertiary alicyclic amines) is 1. The highest BCUT2D eigenvalue weighted by molar-refractivity contribution is 5.80. The van der Waals surface area contributed by atoms with Gasteiger partial charge in [-0.25, -0.2) is 0 Å². The molecule has 1 fully saturated rings. The monoisotopic (exact) mass is 290 g/mol. The van der Waals surface area contributed by atoms with Crippen LogP contribution in [0, 0.1) is 12.8 Å². The summed E-state index contributed by atoms with van der Waals surface area (Å²) in [6.07, 6.45) is 5.80. The Kier molecular flexibility index (Phi) is 4.94. The molecule has 1 amide bonds. The molecule has 2 heterocycles. The first-order valence-corrected chi connectivity index (χ1v) is 7.49. The van der Waals surface area contributed by atoms with E-state index in [1.54, 1.807) is 17.3 Å². The molecule has 0 aliphatic carbocycles. The number of carbonyl (C=O) groups excluding carboxylic acids is 1. The van der Waals surface area contributed by atoms with Crippen LogP contribution in [0.3, 0.4) is 0 Å². The molecular formula is C16H22N2O3. The second-order valence-corrected chi connectivity index (χ2v) is 5.60. The maximum absolute atomic E-state index is 12.4. The molecule has 2 rings (SSSR count). The summed E-state index contributed by atoms with van der Waals surface area (Å²) in [6.45, 7) is 4.53. The van der Waals surface area contributed by atoms with Crippen LogP contribution in [0.2, 0.25) is 0 Å². The molecule has 0 spiro atoms. The van der Waals surface area contributed by atoms with Crippen molar-refractivity contribution in [3.05, 3.63) is 29.6 Å². The van der Waals surface area contributed by atoms with Gasteiger partial charge in [0.15, 0.2) is 0 Å². The van der Waals surface area contributed by atoms with E-state index in [0.29, 0.717) is 25.8 Å². The van der Waals surface area contributed by atoms with E-state index in [0.717, 1.165) is 17.5 Å². The fourth-order valence-electron chi connectivity index (χ4n) is 3.08. The number of carbonyl (C=O) groups is 2. The van der Waals surface area contributed by atoms with Crippen molar-refractivity contribution >= 4 is 11.9 Å². The van der Waals surface area contributed by atoms with Crippen molar-refractivity contribution in [2.45, 2.75) is 45.6 Å². The van der Waals surface area contributed by atoms with Gasteiger partial charge in [0.25, 0.3) is 0 Å². The number of aromatic nitrogens is 1. The summed E-state index contributed by atoms with van der Waals surface area (Å²) in [4.78, 5) is 30.0. The minimum absolute atomic E-state index is 0.0499. The summed E-state index contributed by atoms with van der Waals surface area (Å²) < 4.78 is 0. The summed E-state index contributed by atoms with van der Waals surface area (Å²) in [6, 6.07) is 1.46. The van der Waals surface area contributed by atoms with Gasteiger partial charge in [-0.15, -0.1) is 0 Å². The van der Waals surface area contributed by atoms with Crippen molar-refractivity contribution in [3.8, 4) is 0 Å². The third-order valence-electron chi connectivity index (χ3n) is 4.12. The number of hydrogen-bond donors (Lipinski definition) is 1. The highest BCUT2D eigenvalue weighted by Crippen LogP contribution is 2.37. The molecule has 2 unspecified atom stereocenters. The molecule has 2 atom stereocenters. The molecule has 1 aromatic rings. The van der Waals surface area contributed by atoms with Crippen LogP contribution in [-0.4, -0.2) is 33.4 Å². The maximum Gasteiger partial charge on any atom is 0.308 e. The van der Waals surface area contributed by atoms with Crippen LogP contribution < -0.4 is 0 Å². The summed E-state index contributed by atoms with van der Waals surface area (Å²) >= 11 is 0. The molecular weight excluding hydrogens is 268 g/mol. The molecule has 1 saturated heterocycles. The van der Waals surface area contributed by atoms with Gasteiger partial charge in [0.1, 0.15) is 0 Å². The zero-order valence-corrected chi connectivity index (χ0v) is 12.6. The Morgan fingerprint density at radius 1 is 1.52 bits per heavy atom. The lowest BCUT2D eigenvalue weighted by atomic mass is 9.88. The summed E-state index contributed by atoms with van der Waals surface area (Å²) in [5.74, 6) is -1.35.